The Kier molecular flexibility index (Phi) is 5.22. The quantitative estimate of drug-likeness (QED) is 0.583. The Bertz CT molecular complexity index is 525. The van der Waals surface area contributed by atoms with Crippen LogP contribution >= 0.6 is 0 Å². The second-order valence-electron chi connectivity index (χ2n) is 7.43. The standard InChI is InChI=1S/C17H28N2O5/c1-5-24-13(20)12-6-8-17(23,9-7-12)10-19-14(21)16(4,11(2)3)18-15(19)22/h11-12,23H,5-10H2,1-4H3,(H,18,22)/t12?,16-,17?/m0/s1. The van der Waals surface area contributed by atoms with E-state index in [2.05, 4.69) is 5.32 Å². The second-order valence-corrected chi connectivity index (χ2v) is 7.43. The zero-order valence-electron chi connectivity index (χ0n) is 14.9. The number of carbonyl (C=O) groups excluding carboxylic acids is 3. The maximum atomic E-state index is 12.6. The molecule has 1 saturated heterocycles. The summed E-state index contributed by atoms with van der Waals surface area (Å²) in [6.07, 6.45) is 1.73. The van der Waals surface area contributed by atoms with Gasteiger partial charge in [0, 0.05) is 0 Å². The van der Waals surface area contributed by atoms with E-state index in [-0.39, 0.29) is 30.3 Å². The van der Waals surface area contributed by atoms with Crippen LogP contribution in [0.1, 0.15) is 53.4 Å². The van der Waals surface area contributed by atoms with Gasteiger partial charge in [-0.05, 0) is 45.4 Å². The van der Waals surface area contributed by atoms with Crippen LogP contribution in [0.2, 0.25) is 0 Å². The first-order chi connectivity index (χ1) is 11.1. The largest absolute Gasteiger partial charge is 0.466 e. The van der Waals surface area contributed by atoms with E-state index >= 15 is 0 Å². The number of esters is 1. The normalized spacial score (nSPS) is 33.8. The van der Waals surface area contributed by atoms with Crippen molar-refractivity contribution in [2.75, 3.05) is 13.2 Å². The highest BCUT2D eigenvalue weighted by Crippen LogP contribution is 2.35. The van der Waals surface area contributed by atoms with Gasteiger partial charge in [0.25, 0.3) is 5.91 Å². The van der Waals surface area contributed by atoms with Crippen molar-refractivity contribution in [3.63, 3.8) is 0 Å². The number of rotatable bonds is 5. The third kappa shape index (κ3) is 3.41. The van der Waals surface area contributed by atoms with E-state index in [1.54, 1.807) is 13.8 Å². The van der Waals surface area contributed by atoms with Gasteiger partial charge in [-0.3, -0.25) is 14.5 Å². The van der Waals surface area contributed by atoms with Crippen LogP contribution in [0.25, 0.3) is 0 Å². The number of β-amino-alcohol motifs (C(OH)–C–C–N with tert-alkyl or cyclic N) is 1. The summed E-state index contributed by atoms with van der Waals surface area (Å²) < 4.78 is 5.02. The van der Waals surface area contributed by atoms with Crippen LogP contribution in [0.5, 0.6) is 0 Å². The number of nitrogens with zero attached hydrogens (tertiary/aromatic N) is 1. The minimum absolute atomic E-state index is 0.0322. The average Bonchev–Trinajstić information content (AvgIpc) is 2.72. The highest BCUT2D eigenvalue weighted by Gasteiger charge is 2.52. The topological polar surface area (TPSA) is 95.9 Å². The van der Waals surface area contributed by atoms with E-state index < -0.39 is 17.2 Å². The van der Waals surface area contributed by atoms with Crippen LogP contribution in [-0.2, 0) is 14.3 Å². The Morgan fingerprint density at radius 1 is 1.38 bits per heavy atom. The average molecular weight is 340 g/mol. The number of ether oxygens (including phenoxy) is 1. The molecule has 1 aliphatic carbocycles. The van der Waals surface area contributed by atoms with Crippen molar-refractivity contribution in [3.8, 4) is 0 Å². The number of hydrogen-bond donors (Lipinski definition) is 2. The van der Waals surface area contributed by atoms with Crippen LogP contribution in [0, 0.1) is 11.8 Å². The number of amides is 3. The number of aliphatic hydroxyl groups is 1. The lowest BCUT2D eigenvalue weighted by Gasteiger charge is -2.37. The van der Waals surface area contributed by atoms with Crippen molar-refractivity contribution < 1.29 is 24.2 Å². The molecule has 2 fully saturated rings. The number of imide groups is 1. The van der Waals surface area contributed by atoms with E-state index in [0.29, 0.717) is 32.3 Å². The van der Waals surface area contributed by atoms with Crippen molar-refractivity contribution in [1.29, 1.82) is 0 Å². The molecule has 1 heterocycles. The Morgan fingerprint density at radius 2 is 1.96 bits per heavy atom. The molecular formula is C17H28N2O5. The van der Waals surface area contributed by atoms with Gasteiger partial charge in [-0.1, -0.05) is 13.8 Å². The smallest absolute Gasteiger partial charge is 0.325 e. The lowest BCUT2D eigenvalue weighted by atomic mass is 9.78. The molecule has 7 nitrogen and oxygen atoms in total. The minimum atomic E-state index is -1.14. The van der Waals surface area contributed by atoms with Crippen molar-refractivity contribution in [1.82, 2.24) is 10.2 Å². The van der Waals surface area contributed by atoms with Gasteiger partial charge >= 0.3 is 12.0 Å². The molecule has 0 aromatic carbocycles. The molecule has 0 radical (unpaired) electrons. The molecule has 0 spiro atoms. The summed E-state index contributed by atoms with van der Waals surface area (Å²) in [6.45, 7) is 7.53. The zero-order chi connectivity index (χ0) is 18.1. The maximum Gasteiger partial charge on any atom is 0.325 e. The van der Waals surface area contributed by atoms with Crippen molar-refractivity contribution in [2.45, 2.75) is 64.5 Å². The fraction of sp³-hybridized carbons (Fsp3) is 0.824. The summed E-state index contributed by atoms with van der Waals surface area (Å²) >= 11 is 0. The van der Waals surface area contributed by atoms with Crippen LogP contribution in [0.15, 0.2) is 0 Å². The fourth-order valence-corrected chi connectivity index (χ4v) is 3.35. The lowest BCUT2D eigenvalue weighted by Crippen LogP contribution is -2.51. The molecule has 136 valence electrons. The monoisotopic (exact) mass is 340 g/mol. The van der Waals surface area contributed by atoms with Crippen molar-refractivity contribution >= 4 is 17.9 Å². The molecule has 7 heteroatoms. The van der Waals surface area contributed by atoms with Crippen molar-refractivity contribution in [3.05, 3.63) is 0 Å². The number of carbonyl (C=O) groups is 3. The molecule has 0 aromatic rings. The highest BCUT2D eigenvalue weighted by atomic mass is 16.5. The van der Waals surface area contributed by atoms with Crippen molar-refractivity contribution in [2.24, 2.45) is 11.8 Å². The molecule has 2 aliphatic rings. The van der Waals surface area contributed by atoms with Gasteiger partial charge in [0.1, 0.15) is 5.54 Å². The predicted octanol–water partition coefficient (Wildman–Crippen LogP) is 1.44. The number of nitrogens with one attached hydrogen (secondary N) is 1. The molecule has 0 bridgehead atoms. The van der Waals surface area contributed by atoms with E-state index in [0.717, 1.165) is 4.90 Å². The second kappa shape index (κ2) is 6.70. The highest BCUT2D eigenvalue weighted by molar-refractivity contribution is 6.07. The fourth-order valence-electron chi connectivity index (χ4n) is 3.35. The minimum Gasteiger partial charge on any atom is -0.466 e. The van der Waals surface area contributed by atoms with Gasteiger partial charge in [-0.15, -0.1) is 0 Å². The zero-order valence-corrected chi connectivity index (χ0v) is 14.9. The summed E-state index contributed by atoms with van der Waals surface area (Å²) in [5.41, 5.74) is -2.08. The summed E-state index contributed by atoms with van der Waals surface area (Å²) in [5.74, 6) is -0.798. The van der Waals surface area contributed by atoms with Crippen LogP contribution in [-0.4, -0.2) is 52.2 Å². The third-order valence-corrected chi connectivity index (χ3v) is 5.44. The van der Waals surface area contributed by atoms with E-state index in [1.165, 1.54) is 0 Å². The van der Waals surface area contributed by atoms with Gasteiger partial charge in [-0.25, -0.2) is 4.79 Å². The first-order valence-electron chi connectivity index (χ1n) is 8.66. The first-order valence-corrected chi connectivity index (χ1v) is 8.66. The van der Waals surface area contributed by atoms with E-state index in [9.17, 15) is 19.5 Å². The maximum absolute atomic E-state index is 12.6. The number of urea groups is 1. The molecule has 2 rings (SSSR count). The van der Waals surface area contributed by atoms with E-state index in [1.807, 2.05) is 13.8 Å². The molecule has 0 unspecified atom stereocenters. The first kappa shape index (κ1) is 18.7. The third-order valence-electron chi connectivity index (χ3n) is 5.44. The lowest BCUT2D eigenvalue weighted by molar-refractivity contribution is -0.152. The Labute approximate surface area is 142 Å². The van der Waals surface area contributed by atoms with Crippen LogP contribution < -0.4 is 5.32 Å². The predicted molar refractivity (Wildman–Crippen MR) is 87.0 cm³/mol. The molecule has 2 N–H and O–H groups in total. The molecule has 1 atom stereocenters. The Balaban J connectivity index is 2.00. The van der Waals surface area contributed by atoms with Gasteiger partial charge in [0.15, 0.2) is 0 Å². The number of hydrogen-bond acceptors (Lipinski definition) is 5. The SMILES string of the molecule is CCOC(=O)C1CCC(O)(CN2C(=O)N[C@@](C)(C(C)C)C2=O)CC1. The molecule has 3 amide bonds. The van der Waals surface area contributed by atoms with Gasteiger partial charge < -0.3 is 15.2 Å². The summed E-state index contributed by atoms with van der Waals surface area (Å²) in [4.78, 5) is 37.7. The Hall–Kier alpha value is -1.63. The van der Waals surface area contributed by atoms with Gasteiger partial charge in [0.2, 0.25) is 0 Å². The Morgan fingerprint density at radius 3 is 2.42 bits per heavy atom. The van der Waals surface area contributed by atoms with E-state index in [4.69, 9.17) is 4.74 Å². The summed E-state index contributed by atoms with van der Waals surface area (Å²) in [6, 6.07) is -0.461. The molecule has 0 aromatic heterocycles. The molecule has 1 aliphatic heterocycles. The molecular weight excluding hydrogens is 312 g/mol. The van der Waals surface area contributed by atoms with Gasteiger partial charge in [0.05, 0.1) is 24.7 Å². The summed E-state index contributed by atoms with van der Waals surface area (Å²) in [5, 5.41) is 13.5. The van der Waals surface area contributed by atoms with Crippen LogP contribution in [0.3, 0.4) is 0 Å². The van der Waals surface area contributed by atoms with Gasteiger partial charge in [-0.2, -0.15) is 0 Å². The molecule has 24 heavy (non-hydrogen) atoms. The summed E-state index contributed by atoms with van der Waals surface area (Å²) in [7, 11) is 0. The molecule has 1 saturated carbocycles. The van der Waals surface area contributed by atoms with Crippen LogP contribution in [0.4, 0.5) is 4.79 Å².